The van der Waals surface area contributed by atoms with Crippen LogP contribution in [-0.4, -0.2) is 5.11 Å². The summed E-state index contributed by atoms with van der Waals surface area (Å²) in [5.41, 5.74) is 1.98. The monoisotopic (exact) mass is 325 g/mol. The number of benzene rings is 2. The molecule has 0 saturated heterocycles. The van der Waals surface area contributed by atoms with Gasteiger partial charge in [0.15, 0.2) is 0 Å². The van der Waals surface area contributed by atoms with Gasteiger partial charge in [0.2, 0.25) is 0 Å². The molecular formula is C14H13BrClNO. The lowest BCUT2D eigenvalue weighted by Crippen LogP contribution is -2.13. The average molecular weight is 327 g/mol. The molecule has 0 amide bonds. The van der Waals surface area contributed by atoms with Gasteiger partial charge in [-0.1, -0.05) is 45.7 Å². The van der Waals surface area contributed by atoms with Crippen LogP contribution >= 0.6 is 27.5 Å². The van der Waals surface area contributed by atoms with Crippen LogP contribution in [0.15, 0.2) is 46.9 Å². The minimum atomic E-state index is 0.263. The highest BCUT2D eigenvalue weighted by Crippen LogP contribution is 2.21. The van der Waals surface area contributed by atoms with Gasteiger partial charge >= 0.3 is 0 Å². The summed E-state index contributed by atoms with van der Waals surface area (Å²) in [6.45, 7) is 1.31. The average Bonchev–Trinajstić information content (AvgIpc) is 2.36. The van der Waals surface area contributed by atoms with E-state index in [0.717, 1.165) is 16.6 Å². The van der Waals surface area contributed by atoms with E-state index in [4.69, 9.17) is 11.6 Å². The Morgan fingerprint density at radius 3 is 2.56 bits per heavy atom. The summed E-state index contributed by atoms with van der Waals surface area (Å²) in [6.07, 6.45) is 0. The Morgan fingerprint density at radius 1 is 1.06 bits per heavy atom. The normalized spacial score (nSPS) is 10.6. The predicted octanol–water partition coefficient (Wildman–Crippen LogP) is 4.10. The van der Waals surface area contributed by atoms with Crippen molar-refractivity contribution in [3.8, 4) is 5.75 Å². The van der Waals surface area contributed by atoms with Crippen molar-refractivity contribution in [3.63, 3.8) is 0 Å². The maximum atomic E-state index is 9.68. The summed E-state index contributed by atoms with van der Waals surface area (Å²) < 4.78 is 1.08. The van der Waals surface area contributed by atoms with Crippen LogP contribution in [-0.2, 0) is 13.1 Å². The van der Waals surface area contributed by atoms with Crippen LogP contribution in [0.1, 0.15) is 11.1 Å². The second-order valence-electron chi connectivity index (χ2n) is 3.97. The first kappa shape index (κ1) is 13.4. The summed E-state index contributed by atoms with van der Waals surface area (Å²) >= 11 is 9.39. The summed E-state index contributed by atoms with van der Waals surface area (Å²) in [7, 11) is 0. The van der Waals surface area contributed by atoms with Gasteiger partial charge in [-0.05, 0) is 29.8 Å². The van der Waals surface area contributed by atoms with E-state index in [-0.39, 0.29) is 5.75 Å². The van der Waals surface area contributed by atoms with Crippen molar-refractivity contribution in [1.29, 1.82) is 0 Å². The lowest BCUT2D eigenvalue weighted by atomic mass is 10.2. The zero-order chi connectivity index (χ0) is 13.0. The quantitative estimate of drug-likeness (QED) is 0.886. The van der Waals surface area contributed by atoms with E-state index in [1.807, 2.05) is 18.2 Å². The van der Waals surface area contributed by atoms with Crippen LogP contribution < -0.4 is 5.32 Å². The molecule has 0 heterocycles. The first-order valence-electron chi connectivity index (χ1n) is 5.58. The molecule has 2 nitrogen and oxygen atoms in total. The number of halogens is 2. The number of hydrogen-bond donors (Lipinski definition) is 2. The number of hydrogen-bond acceptors (Lipinski definition) is 2. The molecular weight excluding hydrogens is 314 g/mol. The van der Waals surface area contributed by atoms with Gasteiger partial charge < -0.3 is 10.4 Å². The van der Waals surface area contributed by atoms with Crippen LogP contribution in [0, 0.1) is 0 Å². The summed E-state index contributed by atoms with van der Waals surface area (Å²) in [6, 6.07) is 13.1. The van der Waals surface area contributed by atoms with Crippen molar-refractivity contribution in [2.75, 3.05) is 0 Å². The molecule has 0 radical (unpaired) electrons. The van der Waals surface area contributed by atoms with Crippen LogP contribution in [0.2, 0.25) is 5.02 Å². The lowest BCUT2D eigenvalue weighted by molar-refractivity contribution is 0.464. The van der Waals surface area contributed by atoms with Crippen molar-refractivity contribution < 1.29 is 5.11 Å². The highest BCUT2D eigenvalue weighted by atomic mass is 79.9. The number of phenolic OH excluding ortho intramolecular Hbond substituents is 1. The second kappa shape index (κ2) is 6.23. The summed E-state index contributed by atoms with van der Waals surface area (Å²) in [4.78, 5) is 0. The summed E-state index contributed by atoms with van der Waals surface area (Å²) in [5, 5.41) is 13.6. The molecule has 0 fully saturated rings. The zero-order valence-electron chi connectivity index (χ0n) is 9.66. The third-order valence-electron chi connectivity index (χ3n) is 2.63. The summed E-state index contributed by atoms with van der Waals surface area (Å²) in [5.74, 6) is 0.263. The number of phenols is 1. The first-order chi connectivity index (χ1) is 8.66. The molecule has 0 aliphatic carbocycles. The molecule has 0 spiro atoms. The number of aromatic hydroxyl groups is 1. The van der Waals surface area contributed by atoms with Crippen LogP contribution in [0.5, 0.6) is 5.75 Å². The topological polar surface area (TPSA) is 32.3 Å². The van der Waals surface area contributed by atoms with Gasteiger partial charge in [-0.2, -0.15) is 0 Å². The lowest BCUT2D eigenvalue weighted by Gasteiger charge is -2.08. The van der Waals surface area contributed by atoms with Crippen molar-refractivity contribution in [2.45, 2.75) is 13.1 Å². The van der Waals surface area contributed by atoms with E-state index in [9.17, 15) is 5.11 Å². The molecule has 0 atom stereocenters. The van der Waals surface area contributed by atoms with Crippen LogP contribution in [0.4, 0.5) is 0 Å². The Hall–Kier alpha value is -1.03. The molecule has 0 saturated carbocycles. The molecule has 2 aromatic carbocycles. The Morgan fingerprint density at radius 2 is 1.78 bits per heavy atom. The molecule has 0 aliphatic heterocycles. The number of rotatable bonds is 4. The molecule has 0 aromatic heterocycles. The van der Waals surface area contributed by atoms with Gasteiger partial charge in [-0.15, -0.1) is 0 Å². The maximum absolute atomic E-state index is 9.68. The second-order valence-corrected chi connectivity index (χ2v) is 5.26. The molecule has 0 aliphatic rings. The molecule has 4 heteroatoms. The van der Waals surface area contributed by atoms with Crippen molar-refractivity contribution in [1.82, 2.24) is 5.32 Å². The SMILES string of the molecule is Oc1ccc(Cl)cc1CNCc1ccccc1Br. The minimum absolute atomic E-state index is 0.263. The Balaban J connectivity index is 1.96. The Bertz CT molecular complexity index is 545. The minimum Gasteiger partial charge on any atom is -0.508 e. The van der Waals surface area contributed by atoms with Crippen molar-refractivity contribution >= 4 is 27.5 Å². The van der Waals surface area contributed by atoms with Gasteiger partial charge in [0.05, 0.1) is 0 Å². The first-order valence-corrected chi connectivity index (χ1v) is 6.75. The molecule has 2 aromatic rings. The van der Waals surface area contributed by atoms with E-state index in [2.05, 4.69) is 27.3 Å². The van der Waals surface area contributed by atoms with E-state index >= 15 is 0 Å². The highest BCUT2D eigenvalue weighted by molar-refractivity contribution is 9.10. The van der Waals surface area contributed by atoms with E-state index in [0.29, 0.717) is 11.6 Å². The van der Waals surface area contributed by atoms with Gasteiger partial charge in [-0.25, -0.2) is 0 Å². The number of nitrogens with one attached hydrogen (secondary N) is 1. The van der Waals surface area contributed by atoms with Crippen molar-refractivity contribution in [3.05, 3.63) is 63.1 Å². The predicted molar refractivity (Wildman–Crippen MR) is 77.8 cm³/mol. The largest absolute Gasteiger partial charge is 0.508 e. The molecule has 2 N–H and O–H groups in total. The van der Waals surface area contributed by atoms with E-state index in [1.54, 1.807) is 18.2 Å². The standard InChI is InChI=1S/C14H13BrClNO/c15-13-4-2-1-3-10(13)8-17-9-11-7-12(16)5-6-14(11)18/h1-7,17-18H,8-9H2. The van der Waals surface area contributed by atoms with Gasteiger partial charge in [0, 0.05) is 28.1 Å². The van der Waals surface area contributed by atoms with Crippen molar-refractivity contribution in [2.24, 2.45) is 0 Å². The Kier molecular flexibility index (Phi) is 4.64. The molecule has 0 unspecified atom stereocenters. The van der Waals surface area contributed by atoms with Gasteiger partial charge in [-0.3, -0.25) is 0 Å². The van der Waals surface area contributed by atoms with Crippen LogP contribution in [0.3, 0.4) is 0 Å². The van der Waals surface area contributed by atoms with Gasteiger partial charge in [0.1, 0.15) is 5.75 Å². The van der Waals surface area contributed by atoms with E-state index < -0.39 is 0 Å². The highest BCUT2D eigenvalue weighted by Gasteiger charge is 2.03. The maximum Gasteiger partial charge on any atom is 0.120 e. The van der Waals surface area contributed by atoms with Crippen LogP contribution in [0.25, 0.3) is 0 Å². The molecule has 94 valence electrons. The molecule has 2 rings (SSSR count). The molecule has 0 bridgehead atoms. The third-order valence-corrected chi connectivity index (χ3v) is 3.64. The third kappa shape index (κ3) is 3.48. The zero-order valence-corrected chi connectivity index (χ0v) is 12.0. The fraction of sp³-hybridized carbons (Fsp3) is 0.143. The van der Waals surface area contributed by atoms with E-state index in [1.165, 1.54) is 5.56 Å². The fourth-order valence-electron chi connectivity index (χ4n) is 1.67. The van der Waals surface area contributed by atoms with Gasteiger partial charge in [0.25, 0.3) is 0 Å². The fourth-order valence-corrected chi connectivity index (χ4v) is 2.29. The smallest absolute Gasteiger partial charge is 0.120 e. The Labute approximate surface area is 120 Å². The molecule has 18 heavy (non-hydrogen) atoms.